The van der Waals surface area contributed by atoms with Crippen molar-refractivity contribution in [1.29, 1.82) is 0 Å². The molecule has 19 heavy (non-hydrogen) atoms. The Balaban J connectivity index is 2.62. The molecule has 4 heteroatoms. The van der Waals surface area contributed by atoms with Crippen molar-refractivity contribution in [2.75, 3.05) is 11.9 Å². The molecule has 0 aliphatic carbocycles. The van der Waals surface area contributed by atoms with Crippen LogP contribution in [0.1, 0.15) is 32.8 Å². The van der Waals surface area contributed by atoms with Crippen LogP contribution in [0.25, 0.3) is 0 Å². The summed E-state index contributed by atoms with van der Waals surface area (Å²) < 4.78 is 0. The predicted molar refractivity (Wildman–Crippen MR) is 76.9 cm³/mol. The maximum absolute atomic E-state index is 11.9. The van der Waals surface area contributed by atoms with E-state index in [1.165, 1.54) is 6.92 Å². The van der Waals surface area contributed by atoms with Gasteiger partial charge in [0.25, 0.3) is 0 Å². The first-order valence-electron chi connectivity index (χ1n) is 6.57. The quantitative estimate of drug-likeness (QED) is 0.886. The van der Waals surface area contributed by atoms with Crippen molar-refractivity contribution in [2.45, 2.75) is 40.2 Å². The van der Waals surface area contributed by atoms with Crippen molar-refractivity contribution < 1.29 is 9.59 Å². The Morgan fingerprint density at radius 1 is 1.26 bits per heavy atom. The van der Waals surface area contributed by atoms with E-state index in [0.29, 0.717) is 0 Å². The van der Waals surface area contributed by atoms with E-state index in [4.69, 9.17) is 0 Å². The summed E-state index contributed by atoms with van der Waals surface area (Å²) in [6.45, 7) is 7.52. The van der Waals surface area contributed by atoms with E-state index >= 15 is 0 Å². The number of hydrogen-bond donors (Lipinski definition) is 1. The van der Waals surface area contributed by atoms with Gasteiger partial charge in [-0.15, -0.1) is 0 Å². The molecule has 2 amide bonds. The Kier molecular flexibility index (Phi) is 5.55. The Hall–Kier alpha value is -1.84. The van der Waals surface area contributed by atoms with Crippen LogP contribution in [-0.2, 0) is 9.59 Å². The van der Waals surface area contributed by atoms with E-state index in [2.05, 4.69) is 5.32 Å². The molecule has 0 fully saturated rings. The lowest BCUT2D eigenvalue weighted by atomic mass is 10.2. The Bertz CT molecular complexity index is 440. The molecule has 1 aromatic carbocycles. The van der Waals surface area contributed by atoms with Gasteiger partial charge in [-0.05, 0) is 32.4 Å². The molecule has 4 nitrogen and oxygen atoms in total. The fourth-order valence-electron chi connectivity index (χ4n) is 1.79. The number of nitrogens with one attached hydrogen (secondary N) is 1. The largest absolute Gasteiger partial charge is 0.331 e. The van der Waals surface area contributed by atoms with Gasteiger partial charge in [-0.1, -0.05) is 24.6 Å². The van der Waals surface area contributed by atoms with Gasteiger partial charge >= 0.3 is 0 Å². The molecule has 0 heterocycles. The number of hydrogen-bond acceptors (Lipinski definition) is 2. The van der Waals surface area contributed by atoms with Gasteiger partial charge in [-0.2, -0.15) is 0 Å². The molecule has 1 atom stereocenters. The van der Waals surface area contributed by atoms with Crippen molar-refractivity contribution in [2.24, 2.45) is 0 Å². The average molecular weight is 262 g/mol. The van der Waals surface area contributed by atoms with Gasteiger partial charge in [-0.3, -0.25) is 9.59 Å². The minimum absolute atomic E-state index is 0.0706. The monoisotopic (exact) mass is 262 g/mol. The topological polar surface area (TPSA) is 49.4 Å². The lowest BCUT2D eigenvalue weighted by Gasteiger charge is -2.26. The molecule has 1 aromatic rings. The summed E-state index contributed by atoms with van der Waals surface area (Å²) in [6, 6.07) is 7.66. The van der Waals surface area contributed by atoms with Gasteiger partial charge in [0.15, 0.2) is 0 Å². The summed E-state index contributed by atoms with van der Waals surface area (Å²) >= 11 is 0. The van der Waals surface area contributed by atoms with Crippen molar-refractivity contribution in [3.63, 3.8) is 0 Å². The van der Waals surface area contributed by atoms with Gasteiger partial charge in [0.05, 0.1) is 0 Å². The Morgan fingerprint density at radius 2 is 1.84 bits per heavy atom. The van der Waals surface area contributed by atoms with Gasteiger partial charge in [0, 0.05) is 18.7 Å². The number of benzene rings is 1. The molecule has 0 saturated heterocycles. The third-order valence-electron chi connectivity index (χ3n) is 3.18. The lowest BCUT2D eigenvalue weighted by Crippen LogP contribution is -2.42. The highest BCUT2D eigenvalue weighted by Crippen LogP contribution is 2.09. The summed E-state index contributed by atoms with van der Waals surface area (Å²) in [7, 11) is 0. The van der Waals surface area contributed by atoms with Gasteiger partial charge in [0.2, 0.25) is 11.8 Å². The summed E-state index contributed by atoms with van der Waals surface area (Å²) in [4.78, 5) is 25.0. The molecule has 0 saturated carbocycles. The maximum atomic E-state index is 11.9. The standard InChI is InChI=1S/C15H22N2O2/c1-5-12(3)17(13(4)18)10-15(19)16-14-8-6-11(2)7-9-14/h6-9,12H,5,10H2,1-4H3,(H,16,19). The van der Waals surface area contributed by atoms with Crippen molar-refractivity contribution in [3.8, 4) is 0 Å². The molecule has 0 spiro atoms. The number of rotatable bonds is 5. The van der Waals surface area contributed by atoms with Gasteiger partial charge in [-0.25, -0.2) is 0 Å². The number of anilines is 1. The molecule has 0 aromatic heterocycles. The maximum Gasteiger partial charge on any atom is 0.244 e. The van der Waals surface area contributed by atoms with Crippen LogP contribution < -0.4 is 5.32 Å². The van der Waals surface area contributed by atoms with Crippen molar-refractivity contribution >= 4 is 17.5 Å². The number of carbonyl (C=O) groups excluding carboxylic acids is 2. The SMILES string of the molecule is CCC(C)N(CC(=O)Nc1ccc(C)cc1)C(C)=O. The van der Waals surface area contributed by atoms with Crippen LogP contribution in [0, 0.1) is 6.92 Å². The van der Waals surface area contributed by atoms with E-state index in [1.54, 1.807) is 4.90 Å². The normalized spacial score (nSPS) is 11.8. The number of carbonyl (C=O) groups is 2. The van der Waals surface area contributed by atoms with Crippen LogP contribution in [0.2, 0.25) is 0 Å². The Labute approximate surface area is 114 Å². The molecule has 1 unspecified atom stereocenters. The van der Waals surface area contributed by atoms with Crippen LogP contribution >= 0.6 is 0 Å². The van der Waals surface area contributed by atoms with E-state index in [-0.39, 0.29) is 24.4 Å². The highest BCUT2D eigenvalue weighted by Gasteiger charge is 2.18. The van der Waals surface area contributed by atoms with Crippen LogP contribution in [0.3, 0.4) is 0 Å². The second kappa shape index (κ2) is 6.92. The van der Waals surface area contributed by atoms with E-state index in [9.17, 15) is 9.59 Å². The van der Waals surface area contributed by atoms with E-state index in [1.807, 2.05) is 45.0 Å². The van der Waals surface area contributed by atoms with Crippen LogP contribution in [0.4, 0.5) is 5.69 Å². The van der Waals surface area contributed by atoms with E-state index in [0.717, 1.165) is 17.7 Å². The van der Waals surface area contributed by atoms with Gasteiger partial charge < -0.3 is 10.2 Å². The fraction of sp³-hybridized carbons (Fsp3) is 0.467. The number of amides is 2. The minimum Gasteiger partial charge on any atom is -0.331 e. The zero-order chi connectivity index (χ0) is 14.4. The molecule has 1 rings (SSSR count). The minimum atomic E-state index is -0.167. The molecule has 1 N–H and O–H groups in total. The lowest BCUT2D eigenvalue weighted by molar-refractivity contribution is -0.134. The molecule has 104 valence electrons. The smallest absolute Gasteiger partial charge is 0.244 e. The van der Waals surface area contributed by atoms with Crippen LogP contribution in [0.15, 0.2) is 24.3 Å². The van der Waals surface area contributed by atoms with Crippen LogP contribution in [-0.4, -0.2) is 29.3 Å². The van der Waals surface area contributed by atoms with Crippen molar-refractivity contribution in [1.82, 2.24) is 4.90 Å². The second-order valence-corrected chi connectivity index (χ2v) is 4.82. The predicted octanol–water partition coefficient (Wildman–Crippen LogP) is 2.58. The zero-order valence-corrected chi connectivity index (χ0v) is 12.1. The molecule has 0 bridgehead atoms. The highest BCUT2D eigenvalue weighted by atomic mass is 16.2. The summed E-state index contributed by atoms with van der Waals surface area (Å²) in [6.07, 6.45) is 0.831. The van der Waals surface area contributed by atoms with E-state index < -0.39 is 0 Å². The molecule has 0 aliphatic rings. The highest BCUT2D eigenvalue weighted by molar-refractivity contribution is 5.94. The third kappa shape index (κ3) is 4.73. The Morgan fingerprint density at radius 3 is 2.32 bits per heavy atom. The molecule has 0 radical (unpaired) electrons. The molecular weight excluding hydrogens is 240 g/mol. The van der Waals surface area contributed by atoms with Gasteiger partial charge in [0.1, 0.15) is 6.54 Å². The fourth-order valence-corrected chi connectivity index (χ4v) is 1.79. The number of nitrogens with zero attached hydrogens (tertiary/aromatic N) is 1. The van der Waals surface area contributed by atoms with Crippen molar-refractivity contribution in [3.05, 3.63) is 29.8 Å². The summed E-state index contributed by atoms with van der Waals surface area (Å²) in [5, 5.41) is 2.80. The summed E-state index contributed by atoms with van der Waals surface area (Å²) in [5.41, 5.74) is 1.89. The molecule has 0 aliphatic heterocycles. The second-order valence-electron chi connectivity index (χ2n) is 4.82. The van der Waals surface area contributed by atoms with Crippen LogP contribution in [0.5, 0.6) is 0 Å². The number of aryl methyl sites for hydroxylation is 1. The first-order valence-corrected chi connectivity index (χ1v) is 6.57. The first-order chi connectivity index (χ1) is 8.93. The summed E-state index contributed by atoms with van der Waals surface area (Å²) in [5.74, 6) is -0.243. The zero-order valence-electron chi connectivity index (χ0n) is 12.1. The first kappa shape index (κ1) is 15.2. The molecular formula is C15H22N2O2. The average Bonchev–Trinajstić information content (AvgIpc) is 2.37. The third-order valence-corrected chi connectivity index (χ3v) is 3.18.